The molecule has 2 fully saturated rings. The van der Waals surface area contributed by atoms with Crippen molar-refractivity contribution in [1.82, 2.24) is 9.88 Å². The van der Waals surface area contributed by atoms with E-state index in [2.05, 4.69) is 16.9 Å². The summed E-state index contributed by atoms with van der Waals surface area (Å²) in [4.78, 5) is 6.56. The summed E-state index contributed by atoms with van der Waals surface area (Å²) in [5.41, 5.74) is 0. The fourth-order valence-corrected chi connectivity index (χ4v) is 3.19. The number of hydrogen-bond donors (Lipinski definition) is 0. The van der Waals surface area contributed by atoms with E-state index in [1.807, 2.05) is 6.07 Å². The highest BCUT2D eigenvalue weighted by molar-refractivity contribution is 6.29. The minimum absolute atomic E-state index is 0.340. The molecule has 2 aliphatic rings. The van der Waals surface area contributed by atoms with E-state index in [0.29, 0.717) is 23.3 Å². The van der Waals surface area contributed by atoms with Gasteiger partial charge in [0.2, 0.25) is 0 Å². The standard InChI is InChI=1S/C13H17ClN2O/c1-16-9-2-3-10(16)7-12(6-9)17-11-4-5-13(14)15-8-11/h4-5,8-10,12H,2-3,6-7H2,1H3/t9-,10+,12?. The smallest absolute Gasteiger partial charge is 0.138 e. The number of aromatic nitrogens is 1. The third-order valence-corrected chi connectivity index (χ3v) is 4.28. The highest BCUT2D eigenvalue weighted by Crippen LogP contribution is 2.35. The summed E-state index contributed by atoms with van der Waals surface area (Å²) < 4.78 is 5.99. The number of ether oxygens (including phenoxy) is 1. The lowest BCUT2D eigenvalue weighted by atomic mass is 10.0. The predicted molar refractivity (Wildman–Crippen MR) is 67.5 cm³/mol. The number of nitrogens with zero attached hydrogens (tertiary/aromatic N) is 2. The molecule has 1 aromatic heterocycles. The number of rotatable bonds is 2. The van der Waals surface area contributed by atoms with E-state index < -0.39 is 0 Å². The van der Waals surface area contributed by atoms with Crippen LogP contribution in [0.5, 0.6) is 5.75 Å². The van der Waals surface area contributed by atoms with Gasteiger partial charge in [-0.05, 0) is 44.9 Å². The molecular weight excluding hydrogens is 236 g/mol. The van der Waals surface area contributed by atoms with Gasteiger partial charge in [0.1, 0.15) is 17.0 Å². The second kappa shape index (κ2) is 4.46. The molecule has 2 saturated heterocycles. The van der Waals surface area contributed by atoms with Gasteiger partial charge in [0.25, 0.3) is 0 Å². The second-order valence-electron chi connectivity index (χ2n) is 5.08. The van der Waals surface area contributed by atoms with Crippen molar-refractivity contribution in [1.29, 1.82) is 0 Å². The van der Waals surface area contributed by atoms with Crippen LogP contribution in [0.3, 0.4) is 0 Å². The molecule has 2 aliphatic heterocycles. The molecule has 3 heterocycles. The quantitative estimate of drug-likeness (QED) is 0.757. The first-order valence-electron chi connectivity index (χ1n) is 6.22. The fraction of sp³-hybridized carbons (Fsp3) is 0.615. The first kappa shape index (κ1) is 11.3. The van der Waals surface area contributed by atoms with E-state index in [1.54, 1.807) is 12.3 Å². The van der Waals surface area contributed by atoms with Gasteiger partial charge >= 0.3 is 0 Å². The van der Waals surface area contributed by atoms with E-state index in [4.69, 9.17) is 16.3 Å². The summed E-state index contributed by atoms with van der Waals surface area (Å²) in [6.45, 7) is 0. The van der Waals surface area contributed by atoms with Crippen LogP contribution < -0.4 is 4.74 Å². The predicted octanol–water partition coefficient (Wildman–Crippen LogP) is 2.74. The zero-order valence-electron chi connectivity index (χ0n) is 9.97. The Labute approximate surface area is 107 Å². The summed E-state index contributed by atoms with van der Waals surface area (Å²) in [5, 5.41) is 0.515. The molecule has 2 bridgehead atoms. The molecule has 0 amide bonds. The molecule has 17 heavy (non-hydrogen) atoms. The van der Waals surface area contributed by atoms with E-state index >= 15 is 0 Å². The van der Waals surface area contributed by atoms with Gasteiger partial charge in [0, 0.05) is 12.1 Å². The molecule has 92 valence electrons. The zero-order valence-corrected chi connectivity index (χ0v) is 10.7. The molecule has 0 aliphatic carbocycles. The van der Waals surface area contributed by atoms with E-state index in [1.165, 1.54) is 12.8 Å². The van der Waals surface area contributed by atoms with Crippen molar-refractivity contribution in [2.75, 3.05) is 7.05 Å². The average Bonchev–Trinajstić information content (AvgIpc) is 2.55. The minimum atomic E-state index is 0.340. The lowest BCUT2D eigenvalue weighted by Gasteiger charge is -2.36. The summed E-state index contributed by atoms with van der Waals surface area (Å²) in [5.74, 6) is 0.836. The highest BCUT2D eigenvalue weighted by atomic mass is 35.5. The van der Waals surface area contributed by atoms with E-state index in [-0.39, 0.29) is 0 Å². The highest BCUT2D eigenvalue weighted by Gasteiger charge is 2.39. The number of piperidine rings is 1. The zero-order chi connectivity index (χ0) is 11.8. The minimum Gasteiger partial charge on any atom is -0.489 e. The first-order valence-corrected chi connectivity index (χ1v) is 6.60. The van der Waals surface area contributed by atoms with Crippen molar-refractivity contribution in [3.8, 4) is 5.75 Å². The topological polar surface area (TPSA) is 25.4 Å². The number of hydrogen-bond acceptors (Lipinski definition) is 3. The molecule has 0 aromatic carbocycles. The van der Waals surface area contributed by atoms with Crippen molar-refractivity contribution < 1.29 is 4.74 Å². The first-order chi connectivity index (χ1) is 8.22. The molecule has 0 radical (unpaired) electrons. The van der Waals surface area contributed by atoms with Crippen LogP contribution in [0.15, 0.2) is 18.3 Å². The lowest BCUT2D eigenvalue weighted by molar-refractivity contribution is 0.0659. The van der Waals surface area contributed by atoms with Crippen molar-refractivity contribution >= 4 is 11.6 Å². The van der Waals surface area contributed by atoms with E-state index in [9.17, 15) is 0 Å². The maximum Gasteiger partial charge on any atom is 0.138 e. The maximum absolute atomic E-state index is 5.99. The van der Waals surface area contributed by atoms with Crippen molar-refractivity contribution in [3.05, 3.63) is 23.5 Å². The number of fused-ring (bicyclic) bond motifs is 2. The molecule has 1 unspecified atom stereocenters. The summed E-state index contributed by atoms with van der Waals surface area (Å²) in [6.07, 6.45) is 6.96. The van der Waals surface area contributed by atoms with Crippen LogP contribution in [0.25, 0.3) is 0 Å². The Hall–Kier alpha value is -0.800. The molecule has 1 aromatic rings. The number of halogens is 1. The molecule has 4 heteroatoms. The van der Waals surface area contributed by atoms with Crippen LogP contribution in [-0.4, -0.2) is 35.1 Å². The van der Waals surface area contributed by atoms with Crippen molar-refractivity contribution in [2.24, 2.45) is 0 Å². The second-order valence-corrected chi connectivity index (χ2v) is 5.47. The SMILES string of the molecule is CN1[C@@H]2CC[C@H]1CC(Oc1ccc(Cl)nc1)C2. The summed E-state index contributed by atoms with van der Waals surface area (Å²) >= 11 is 5.76. The summed E-state index contributed by atoms with van der Waals surface area (Å²) in [7, 11) is 2.24. The monoisotopic (exact) mass is 252 g/mol. The third-order valence-electron chi connectivity index (χ3n) is 4.06. The molecule has 3 atom stereocenters. The Morgan fingerprint density at radius 2 is 2.00 bits per heavy atom. The van der Waals surface area contributed by atoms with Crippen molar-refractivity contribution in [3.63, 3.8) is 0 Å². The molecule has 3 rings (SSSR count). The average molecular weight is 253 g/mol. The Kier molecular flexibility index (Phi) is 2.97. The van der Waals surface area contributed by atoms with Gasteiger partial charge in [-0.25, -0.2) is 4.98 Å². The number of pyridine rings is 1. The van der Waals surface area contributed by atoms with Gasteiger partial charge in [-0.2, -0.15) is 0 Å². The molecular formula is C13H17ClN2O. The Morgan fingerprint density at radius 1 is 1.29 bits per heavy atom. The van der Waals surface area contributed by atoms with Gasteiger partial charge in [-0.3, -0.25) is 0 Å². The van der Waals surface area contributed by atoms with Crippen LogP contribution in [0.1, 0.15) is 25.7 Å². The van der Waals surface area contributed by atoms with Crippen LogP contribution in [0, 0.1) is 0 Å². The van der Waals surface area contributed by atoms with Gasteiger partial charge in [0.05, 0.1) is 6.20 Å². The third kappa shape index (κ3) is 2.26. The maximum atomic E-state index is 5.99. The van der Waals surface area contributed by atoms with Gasteiger partial charge < -0.3 is 9.64 Å². The van der Waals surface area contributed by atoms with Crippen LogP contribution in [0.2, 0.25) is 5.15 Å². The van der Waals surface area contributed by atoms with Crippen LogP contribution >= 0.6 is 11.6 Å². The molecule has 0 N–H and O–H groups in total. The molecule has 3 nitrogen and oxygen atoms in total. The summed E-state index contributed by atoms with van der Waals surface area (Å²) in [6, 6.07) is 5.09. The molecule has 0 spiro atoms. The lowest BCUT2D eigenvalue weighted by Crippen LogP contribution is -2.43. The Balaban J connectivity index is 1.65. The van der Waals surface area contributed by atoms with Gasteiger partial charge in [0.15, 0.2) is 0 Å². The largest absolute Gasteiger partial charge is 0.489 e. The molecule has 0 saturated carbocycles. The van der Waals surface area contributed by atoms with E-state index in [0.717, 1.165) is 18.6 Å². The van der Waals surface area contributed by atoms with Crippen LogP contribution in [-0.2, 0) is 0 Å². The van der Waals surface area contributed by atoms with Gasteiger partial charge in [-0.1, -0.05) is 11.6 Å². The fourth-order valence-electron chi connectivity index (χ4n) is 3.08. The Bertz CT molecular complexity index is 381. The van der Waals surface area contributed by atoms with Crippen LogP contribution in [0.4, 0.5) is 0 Å². The normalized spacial score (nSPS) is 32.7. The van der Waals surface area contributed by atoms with Gasteiger partial charge in [-0.15, -0.1) is 0 Å². The Morgan fingerprint density at radius 3 is 2.59 bits per heavy atom. The van der Waals surface area contributed by atoms with Crippen molar-refractivity contribution in [2.45, 2.75) is 43.9 Å².